The van der Waals surface area contributed by atoms with E-state index in [0.29, 0.717) is 36.0 Å². The van der Waals surface area contributed by atoms with Crippen LogP contribution in [-0.2, 0) is 24.3 Å². The van der Waals surface area contributed by atoms with Gasteiger partial charge in [0.15, 0.2) is 18.1 Å². The fourth-order valence-electron chi connectivity index (χ4n) is 5.42. The fourth-order valence-corrected chi connectivity index (χ4v) is 5.42. The van der Waals surface area contributed by atoms with Gasteiger partial charge in [0, 0.05) is 31.6 Å². The number of nitrogens with one attached hydrogen (secondary N) is 2. The van der Waals surface area contributed by atoms with E-state index in [0.717, 1.165) is 37.1 Å². The fraction of sp³-hybridized carbons (Fsp3) is 0.414. The zero-order chi connectivity index (χ0) is 28.3. The van der Waals surface area contributed by atoms with Crippen molar-refractivity contribution in [3.8, 4) is 17.2 Å². The number of aromatic nitrogens is 3. The Balaban J connectivity index is 1.29. The van der Waals surface area contributed by atoms with Gasteiger partial charge < -0.3 is 34.3 Å². The third kappa shape index (κ3) is 5.67. The van der Waals surface area contributed by atoms with E-state index in [4.69, 9.17) is 14.2 Å². The van der Waals surface area contributed by atoms with Crippen LogP contribution in [0.5, 0.6) is 17.2 Å². The number of fused-ring (bicyclic) bond motifs is 8. The van der Waals surface area contributed by atoms with E-state index in [1.807, 2.05) is 28.8 Å². The van der Waals surface area contributed by atoms with Crippen molar-refractivity contribution in [1.29, 1.82) is 0 Å². The summed E-state index contributed by atoms with van der Waals surface area (Å²) >= 11 is 0. The van der Waals surface area contributed by atoms with Crippen molar-refractivity contribution < 1.29 is 28.6 Å². The van der Waals surface area contributed by atoms with Crippen molar-refractivity contribution in [2.45, 2.75) is 50.9 Å². The maximum absolute atomic E-state index is 13.7. The maximum atomic E-state index is 13.7. The molecule has 41 heavy (non-hydrogen) atoms. The summed E-state index contributed by atoms with van der Waals surface area (Å²) < 4.78 is 19.3. The Morgan fingerprint density at radius 3 is 2.73 bits per heavy atom. The van der Waals surface area contributed by atoms with Crippen molar-refractivity contribution in [1.82, 2.24) is 30.3 Å². The third-order valence-corrected chi connectivity index (χ3v) is 7.66. The number of carbonyl (C=O) groups excluding carboxylic acids is 3. The number of carbonyl (C=O) groups is 3. The van der Waals surface area contributed by atoms with Crippen molar-refractivity contribution >= 4 is 17.7 Å². The molecule has 0 aliphatic carbocycles. The topological polar surface area (TPSA) is 137 Å². The number of hydrogen-bond acceptors (Lipinski definition) is 8. The molecule has 12 heteroatoms. The molecular weight excluding hydrogens is 528 g/mol. The lowest BCUT2D eigenvalue weighted by atomic mass is 10.1. The molecular formula is C29H32N6O6. The number of nitrogens with zero attached hydrogens (tertiary/aromatic N) is 4. The monoisotopic (exact) mass is 560 g/mol. The van der Waals surface area contributed by atoms with Gasteiger partial charge in [-0.15, -0.1) is 10.2 Å². The first-order valence-electron chi connectivity index (χ1n) is 13.8. The van der Waals surface area contributed by atoms with Crippen molar-refractivity contribution in [3.05, 3.63) is 65.2 Å². The first-order chi connectivity index (χ1) is 20.0. The molecule has 0 unspecified atom stereocenters. The molecule has 2 atom stereocenters. The smallest absolute Gasteiger partial charge is 0.292 e. The summed E-state index contributed by atoms with van der Waals surface area (Å²) in [6.07, 6.45) is 3.39. The van der Waals surface area contributed by atoms with Crippen LogP contribution in [0.2, 0.25) is 0 Å². The molecule has 5 heterocycles. The van der Waals surface area contributed by atoms with Gasteiger partial charge in [0.05, 0.1) is 19.7 Å². The SMILES string of the molecule is COc1ccc2cc1OCC(=O)NCc1ccc(cc1)O[C@H]1CN(C(=O)c3nnc4n3CCCCC4)C[C@@H]1NC2=O. The minimum atomic E-state index is -0.510. The number of rotatable bonds is 2. The number of methoxy groups -OCH3 is 1. The minimum absolute atomic E-state index is 0.232. The first-order valence-corrected chi connectivity index (χ1v) is 13.8. The van der Waals surface area contributed by atoms with Crippen LogP contribution in [0.4, 0.5) is 0 Å². The second-order valence-corrected chi connectivity index (χ2v) is 10.4. The Kier molecular flexibility index (Phi) is 7.45. The van der Waals surface area contributed by atoms with Crippen LogP contribution < -0.4 is 24.8 Å². The van der Waals surface area contributed by atoms with Gasteiger partial charge in [-0.1, -0.05) is 18.6 Å². The first kappa shape index (κ1) is 26.6. The molecule has 1 aromatic heterocycles. The van der Waals surface area contributed by atoms with Gasteiger partial charge >= 0.3 is 0 Å². The summed E-state index contributed by atoms with van der Waals surface area (Å²) in [7, 11) is 1.49. The second kappa shape index (κ2) is 11.5. The summed E-state index contributed by atoms with van der Waals surface area (Å²) in [6.45, 7) is 1.30. The number of amides is 3. The van der Waals surface area contributed by atoms with Gasteiger partial charge in [-0.05, 0) is 48.7 Å². The summed E-state index contributed by atoms with van der Waals surface area (Å²) in [5, 5.41) is 14.4. The van der Waals surface area contributed by atoms with Gasteiger partial charge in [-0.25, -0.2) is 0 Å². The van der Waals surface area contributed by atoms with Gasteiger partial charge in [-0.2, -0.15) is 0 Å². The molecule has 2 N–H and O–H groups in total. The number of aryl methyl sites for hydroxylation is 1. The van der Waals surface area contributed by atoms with Gasteiger partial charge in [-0.3, -0.25) is 14.4 Å². The van der Waals surface area contributed by atoms with Crippen molar-refractivity contribution in [3.63, 3.8) is 0 Å². The zero-order valence-electron chi connectivity index (χ0n) is 22.8. The quantitative estimate of drug-likeness (QED) is 0.484. The lowest BCUT2D eigenvalue weighted by molar-refractivity contribution is -0.123. The third-order valence-electron chi connectivity index (χ3n) is 7.66. The van der Waals surface area contributed by atoms with E-state index in [1.165, 1.54) is 13.2 Å². The standard InChI is InChI=1S/C29H32N6O6/c1-39-22-11-8-19-13-23(22)40-17-26(36)30-14-18-6-9-20(10-7-18)41-24-16-34(15-21(24)31-28(19)37)29(38)27-33-32-25-5-3-2-4-12-35(25)27/h6-11,13,21,24H,2-5,12,14-17H2,1H3,(H,30,36)(H,31,37)/t21-,24-/m0/s1. The Morgan fingerprint density at radius 1 is 1.05 bits per heavy atom. The highest BCUT2D eigenvalue weighted by Gasteiger charge is 2.40. The molecule has 0 spiro atoms. The average Bonchev–Trinajstić information content (AvgIpc) is 3.50. The van der Waals surface area contributed by atoms with E-state index in [2.05, 4.69) is 20.8 Å². The summed E-state index contributed by atoms with van der Waals surface area (Å²) in [5.74, 6) is 1.51. The predicted molar refractivity (Wildman–Crippen MR) is 146 cm³/mol. The second-order valence-electron chi connectivity index (χ2n) is 10.4. The molecule has 0 radical (unpaired) electrons. The molecule has 1 saturated heterocycles. The lowest BCUT2D eigenvalue weighted by Gasteiger charge is -2.21. The van der Waals surface area contributed by atoms with E-state index < -0.39 is 12.1 Å². The number of benzene rings is 2. The van der Waals surface area contributed by atoms with E-state index >= 15 is 0 Å². The molecule has 3 amide bonds. The Bertz CT molecular complexity index is 1450. The predicted octanol–water partition coefficient (Wildman–Crippen LogP) is 1.72. The van der Waals surface area contributed by atoms with Crippen molar-refractivity contribution in [2.24, 2.45) is 0 Å². The molecule has 2 aromatic carbocycles. The highest BCUT2D eigenvalue weighted by atomic mass is 16.5. The average molecular weight is 561 g/mol. The summed E-state index contributed by atoms with van der Waals surface area (Å²) in [6, 6.07) is 11.6. The largest absolute Gasteiger partial charge is 0.493 e. The molecule has 214 valence electrons. The molecule has 12 nitrogen and oxygen atoms in total. The van der Waals surface area contributed by atoms with Crippen LogP contribution in [0.1, 0.15) is 51.6 Å². The van der Waals surface area contributed by atoms with E-state index in [9.17, 15) is 14.4 Å². The van der Waals surface area contributed by atoms with Crippen LogP contribution in [-0.4, -0.2) is 76.3 Å². The van der Waals surface area contributed by atoms with Gasteiger partial charge in [0.1, 0.15) is 17.7 Å². The van der Waals surface area contributed by atoms with Crippen LogP contribution in [0.15, 0.2) is 42.5 Å². The molecule has 4 aliphatic rings. The van der Waals surface area contributed by atoms with Gasteiger partial charge in [0.25, 0.3) is 17.7 Å². The number of hydrogen-bond donors (Lipinski definition) is 2. The van der Waals surface area contributed by atoms with Crippen molar-refractivity contribution in [2.75, 3.05) is 26.8 Å². The molecule has 4 bridgehead atoms. The Labute approximate surface area is 237 Å². The lowest BCUT2D eigenvalue weighted by Crippen LogP contribution is -2.45. The normalized spacial score (nSPS) is 20.9. The molecule has 1 fully saturated rings. The van der Waals surface area contributed by atoms with E-state index in [1.54, 1.807) is 17.0 Å². The Hall–Kier alpha value is -4.61. The molecule has 7 rings (SSSR count). The summed E-state index contributed by atoms with van der Waals surface area (Å²) in [5.41, 5.74) is 1.20. The number of ether oxygens (including phenoxy) is 3. The highest BCUT2D eigenvalue weighted by molar-refractivity contribution is 5.95. The van der Waals surface area contributed by atoms with Gasteiger partial charge in [0.2, 0.25) is 5.82 Å². The Morgan fingerprint density at radius 2 is 1.90 bits per heavy atom. The van der Waals surface area contributed by atoms with Crippen LogP contribution in [0, 0.1) is 0 Å². The zero-order valence-corrected chi connectivity index (χ0v) is 22.8. The molecule has 4 aliphatic heterocycles. The van der Waals surface area contributed by atoms with Crippen LogP contribution in [0.25, 0.3) is 0 Å². The summed E-state index contributed by atoms with van der Waals surface area (Å²) in [4.78, 5) is 41.1. The molecule has 3 aromatic rings. The molecule has 0 saturated carbocycles. The highest BCUT2D eigenvalue weighted by Crippen LogP contribution is 2.29. The minimum Gasteiger partial charge on any atom is -0.493 e. The number of likely N-dealkylation sites (tertiary alicyclic amines) is 1. The maximum Gasteiger partial charge on any atom is 0.292 e. The van der Waals surface area contributed by atoms with Crippen LogP contribution >= 0.6 is 0 Å². The van der Waals surface area contributed by atoms with E-state index in [-0.39, 0.29) is 43.2 Å². The van der Waals surface area contributed by atoms with Crippen LogP contribution in [0.3, 0.4) is 0 Å².